The predicted molar refractivity (Wildman–Crippen MR) is 64.3 cm³/mol. The van der Waals surface area contributed by atoms with E-state index in [1.54, 1.807) is 12.1 Å². The van der Waals surface area contributed by atoms with Crippen LogP contribution in [0, 0.1) is 18.3 Å². The highest BCUT2D eigenvalue weighted by Crippen LogP contribution is 2.33. The van der Waals surface area contributed by atoms with Gasteiger partial charge >= 0.3 is 0 Å². The number of nitrogens with zero attached hydrogens (tertiary/aromatic N) is 1. The summed E-state index contributed by atoms with van der Waals surface area (Å²) in [4.78, 5) is 11.3. The van der Waals surface area contributed by atoms with Crippen molar-refractivity contribution in [3.8, 4) is 11.8 Å². The van der Waals surface area contributed by atoms with E-state index >= 15 is 0 Å². The molecule has 0 aliphatic rings. The molecule has 4 nitrogen and oxygen atoms in total. The van der Waals surface area contributed by atoms with Crippen LogP contribution in [-0.4, -0.2) is 13.0 Å². The van der Waals surface area contributed by atoms with Crippen LogP contribution in [0.5, 0.6) is 5.75 Å². The molecular formula is C11H11BrN2O2. The van der Waals surface area contributed by atoms with Crippen LogP contribution in [0.15, 0.2) is 16.6 Å². The molecule has 0 aliphatic carbocycles. The Kier molecular flexibility index (Phi) is 4.32. The van der Waals surface area contributed by atoms with Crippen LogP contribution in [0.1, 0.15) is 12.0 Å². The van der Waals surface area contributed by atoms with Crippen molar-refractivity contribution in [2.75, 3.05) is 12.4 Å². The van der Waals surface area contributed by atoms with Gasteiger partial charge in [0, 0.05) is 4.47 Å². The van der Waals surface area contributed by atoms with Gasteiger partial charge in [-0.25, -0.2) is 0 Å². The summed E-state index contributed by atoms with van der Waals surface area (Å²) in [6.07, 6.45) is -0.172. The minimum absolute atomic E-state index is 0.172. The molecule has 0 unspecified atom stereocenters. The zero-order valence-corrected chi connectivity index (χ0v) is 10.6. The fourth-order valence-corrected chi connectivity index (χ4v) is 1.57. The Bertz CT molecular complexity index is 452. The van der Waals surface area contributed by atoms with E-state index in [9.17, 15) is 4.79 Å². The number of carbonyl (C=O) groups is 1. The summed E-state index contributed by atoms with van der Waals surface area (Å²) in [5.74, 6) is 0.231. The number of nitrogens with one attached hydrogen (secondary N) is 1. The third-order valence-electron chi connectivity index (χ3n) is 2.08. The second-order valence-corrected chi connectivity index (χ2v) is 3.99. The third-order valence-corrected chi connectivity index (χ3v) is 2.94. The number of rotatable bonds is 3. The van der Waals surface area contributed by atoms with E-state index in [4.69, 9.17) is 10.00 Å². The summed E-state index contributed by atoms with van der Waals surface area (Å²) in [5, 5.41) is 11.1. The molecule has 0 aliphatic heterocycles. The van der Waals surface area contributed by atoms with Crippen LogP contribution >= 0.6 is 15.9 Å². The first-order chi connectivity index (χ1) is 7.60. The predicted octanol–water partition coefficient (Wildman–Crippen LogP) is 2.62. The number of amides is 1. The zero-order valence-electron chi connectivity index (χ0n) is 9.00. The van der Waals surface area contributed by atoms with Crippen molar-refractivity contribution >= 4 is 27.5 Å². The molecule has 16 heavy (non-hydrogen) atoms. The van der Waals surface area contributed by atoms with Crippen molar-refractivity contribution in [3.05, 3.63) is 22.2 Å². The molecule has 0 saturated heterocycles. The molecule has 5 heteroatoms. The number of benzene rings is 1. The van der Waals surface area contributed by atoms with Crippen molar-refractivity contribution in [2.45, 2.75) is 13.3 Å². The summed E-state index contributed by atoms with van der Waals surface area (Å²) < 4.78 is 6.02. The molecule has 1 N–H and O–H groups in total. The standard InChI is InChI=1S/C11H11BrN2O2/c1-7-8(12)3-4-9(16-2)11(7)14-10(15)5-6-13/h3-4H,5H2,1-2H3,(H,14,15). The molecule has 0 saturated carbocycles. The molecule has 0 spiro atoms. The maximum Gasteiger partial charge on any atom is 0.238 e. The highest BCUT2D eigenvalue weighted by molar-refractivity contribution is 9.10. The summed E-state index contributed by atoms with van der Waals surface area (Å²) in [6.45, 7) is 1.86. The molecule has 0 aromatic heterocycles. The third kappa shape index (κ3) is 2.74. The number of methoxy groups -OCH3 is 1. The Balaban J connectivity index is 3.06. The van der Waals surface area contributed by atoms with Gasteiger partial charge < -0.3 is 10.1 Å². The Hall–Kier alpha value is -1.54. The monoisotopic (exact) mass is 282 g/mol. The van der Waals surface area contributed by atoms with Gasteiger partial charge in [0.15, 0.2) is 0 Å². The summed E-state index contributed by atoms with van der Waals surface area (Å²) >= 11 is 3.37. The van der Waals surface area contributed by atoms with Crippen LogP contribution in [0.25, 0.3) is 0 Å². The lowest BCUT2D eigenvalue weighted by Crippen LogP contribution is -2.12. The average molecular weight is 283 g/mol. The number of anilines is 1. The van der Waals surface area contributed by atoms with Gasteiger partial charge in [-0.3, -0.25) is 4.79 Å². The molecule has 1 amide bonds. The van der Waals surface area contributed by atoms with Gasteiger partial charge in [-0.1, -0.05) is 15.9 Å². The first kappa shape index (κ1) is 12.5. The van der Waals surface area contributed by atoms with Gasteiger partial charge in [0.25, 0.3) is 0 Å². The molecule has 0 heterocycles. The van der Waals surface area contributed by atoms with Crippen LogP contribution in [-0.2, 0) is 4.79 Å². The second kappa shape index (κ2) is 5.52. The number of carbonyl (C=O) groups excluding carboxylic acids is 1. The largest absolute Gasteiger partial charge is 0.495 e. The maximum absolute atomic E-state index is 11.3. The molecule has 1 aromatic rings. The molecule has 0 radical (unpaired) electrons. The zero-order chi connectivity index (χ0) is 12.1. The topological polar surface area (TPSA) is 62.1 Å². The van der Waals surface area contributed by atoms with Crippen molar-refractivity contribution in [2.24, 2.45) is 0 Å². The van der Waals surface area contributed by atoms with Gasteiger partial charge in [0.05, 0.1) is 18.9 Å². The van der Waals surface area contributed by atoms with Crippen molar-refractivity contribution < 1.29 is 9.53 Å². The van der Waals surface area contributed by atoms with Crippen LogP contribution in [0.2, 0.25) is 0 Å². The number of ether oxygens (including phenoxy) is 1. The summed E-state index contributed by atoms with van der Waals surface area (Å²) in [5.41, 5.74) is 1.46. The van der Waals surface area contributed by atoms with Gasteiger partial charge in [0.1, 0.15) is 12.2 Å². The van der Waals surface area contributed by atoms with Crippen LogP contribution in [0.3, 0.4) is 0 Å². The van der Waals surface area contributed by atoms with Gasteiger partial charge in [-0.05, 0) is 24.6 Å². The lowest BCUT2D eigenvalue weighted by atomic mass is 10.2. The Morgan fingerprint density at radius 1 is 1.62 bits per heavy atom. The highest BCUT2D eigenvalue weighted by atomic mass is 79.9. The van der Waals surface area contributed by atoms with E-state index in [2.05, 4.69) is 21.2 Å². The van der Waals surface area contributed by atoms with Gasteiger partial charge in [0.2, 0.25) is 5.91 Å². The highest BCUT2D eigenvalue weighted by Gasteiger charge is 2.12. The van der Waals surface area contributed by atoms with E-state index < -0.39 is 0 Å². The number of halogens is 1. The van der Waals surface area contributed by atoms with Crippen molar-refractivity contribution in [1.82, 2.24) is 0 Å². The lowest BCUT2D eigenvalue weighted by Gasteiger charge is -2.13. The number of nitriles is 1. The second-order valence-electron chi connectivity index (χ2n) is 3.13. The van der Waals surface area contributed by atoms with Crippen molar-refractivity contribution in [1.29, 1.82) is 5.26 Å². The minimum Gasteiger partial charge on any atom is -0.495 e. The first-order valence-electron chi connectivity index (χ1n) is 4.60. The average Bonchev–Trinajstić information content (AvgIpc) is 2.25. The molecule has 0 bridgehead atoms. The van der Waals surface area contributed by atoms with E-state index in [0.29, 0.717) is 11.4 Å². The van der Waals surface area contributed by atoms with Crippen LogP contribution < -0.4 is 10.1 Å². The molecule has 0 atom stereocenters. The van der Waals surface area contributed by atoms with Gasteiger partial charge in [-0.15, -0.1) is 0 Å². The van der Waals surface area contributed by atoms with E-state index in [1.807, 2.05) is 13.0 Å². The number of hydrogen-bond donors (Lipinski definition) is 1. The lowest BCUT2D eigenvalue weighted by molar-refractivity contribution is -0.115. The smallest absolute Gasteiger partial charge is 0.238 e. The molecule has 84 valence electrons. The molecule has 1 rings (SSSR count). The normalized spacial score (nSPS) is 9.38. The minimum atomic E-state index is -0.345. The van der Waals surface area contributed by atoms with E-state index in [0.717, 1.165) is 10.0 Å². The maximum atomic E-state index is 11.3. The first-order valence-corrected chi connectivity index (χ1v) is 5.39. The molecule has 1 aromatic carbocycles. The Morgan fingerprint density at radius 3 is 2.88 bits per heavy atom. The quantitative estimate of drug-likeness (QED) is 0.927. The SMILES string of the molecule is COc1ccc(Br)c(C)c1NC(=O)CC#N. The fourth-order valence-electron chi connectivity index (χ4n) is 1.24. The van der Waals surface area contributed by atoms with E-state index in [-0.39, 0.29) is 12.3 Å². The Morgan fingerprint density at radius 2 is 2.31 bits per heavy atom. The van der Waals surface area contributed by atoms with E-state index in [1.165, 1.54) is 7.11 Å². The summed E-state index contributed by atoms with van der Waals surface area (Å²) in [6, 6.07) is 5.39. The summed E-state index contributed by atoms with van der Waals surface area (Å²) in [7, 11) is 1.53. The Labute approximate surface area is 102 Å². The van der Waals surface area contributed by atoms with Crippen molar-refractivity contribution in [3.63, 3.8) is 0 Å². The fraction of sp³-hybridized carbons (Fsp3) is 0.273. The molecular weight excluding hydrogens is 272 g/mol. The number of hydrogen-bond acceptors (Lipinski definition) is 3. The van der Waals surface area contributed by atoms with Crippen LogP contribution in [0.4, 0.5) is 5.69 Å². The molecule has 0 fully saturated rings. The van der Waals surface area contributed by atoms with Gasteiger partial charge in [-0.2, -0.15) is 5.26 Å².